The van der Waals surface area contributed by atoms with Crippen molar-refractivity contribution in [3.05, 3.63) is 162 Å². The quantitative estimate of drug-likeness (QED) is 0.184. The smallest absolute Gasteiger partial charge is 0.200 e. The summed E-state index contributed by atoms with van der Waals surface area (Å²) >= 11 is 0. The van der Waals surface area contributed by atoms with Crippen molar-refractivity contribution in [3.63, 3.8) is 0 Å². The van der Waals surface area contributed by atoms with E-state index in [0.29, 0.717) is 21.9 Å². The lowest BCUT2D eigenvalue weighted by atomic mass is 9.99. The molecule has 0 spiro atoms. The van der Waals surface area contributed by atoms with Gasteiger partial charge in [0.05, 0.1) is 33.2 Å². The van der Waals surface area contributed by atoms with Crippen LogP contribution in [-0.2, 0) is 0 Å². The molecule has 0 saturated carbocycles. The van der Waals surface area contributed by atoms with Crippen LogP contribution in [0.5, 0.6) is 11.5 Å². The summed E-state index contributed by atoms with van der Waals surface area (Å²) in [6.45, 7) is 0. The van der Waals surface area contributed by atoms with E-state index in [2.05, 4.69) is 113 Å². The van der Waals surface area contributed by atoms with Crippen LogP contribution in [0.4, 0.5) is 11.4 Å². The first-order chi connectivity index (χ1) is 23.7. The van der Waals surface area contributed by atoms with E-state index in [-0.39, 0.29) is 5.43 Å². The van der Waals surface area contributed by atoms with Crippen molar-refractivity contribution in [2.24, 2.45) is 0 Å². The molecular weight excluding hydrogens is 592 g/mol. The van der Waals surface area contributed by atoms with Crippen molar-refractivity contribution in [2.75, 3.05) is 4.90 Å². The van der Waals surface area contributed by atoms with E-state index in [1.807, 2.05) is 42.5 Å². The molecule has 0 bridgehead atoms. The summed E-state index contributed by atoms with van der Waals surface area (Å²) in [6.07, 6.45) is 8.73. The molecule has 0 radical (unpaired) electrons. The van der Waals surface area contributed by atoms with Gasteiger partial charge < -0.3 is 18.6 Å². The van der Waals surface area contributed by atoms with Crippen LogP contribution < -0.4 is 15.1 Å². The van der Waals surface area contributed by atoms with Crippen molar-refractivity contribution in [3.8, 4) is 28.3 Å². The molecule has 0 saturated heterocycles. The minimum atomic E-state index is -0.0295. The molecule has 10 rings (SSSR count). The van der Waals surface area contributed by atoms with Crippen LogP contribution in [0.15, 0.2) is 161 Å². The summed E-state index contributed by atoms with van der Waals surface area (Å²) in [7, 11) is 0. The van der Waals surface area contributed by atoms with Crippen molar-refractivity contribution >= 4 is 55.1 Å². The maximum atomic E-state index is 13.4. The molecule has 3 heterocycles. The predicted octanol–water partition coefficient (Wildman–Crippen LogP) is 11.2. The summed E-state index contributed by atoms with van der Waals surface area (Å²) in [6, 6.07) is 43.0. The first-order valence-corrected chi connectivity index (χ1v) is 16.3. The molecule has 0 fully saturated rings. The van der Waals surface area contributed by atoms with Gasteiger partial charge in [-0.25, -0.2) is 0 Å². The zero-order chi connectivity index (χ0) is 31.8. The van der Waals surface area contributed by atoms with E-state index in [4.69, 9.17) is 9.15 Å². The van der Waals surface area contributed by atoms with Gasteiger partial charge in [-0.05, 0) is 85.1 Å². The highest BCUT2D eigenvalue weighted by atomic mass is 16.5. The van der Waals surface area contributed by atoms with Crippen LogP contribution >= 0.6 is 0 Å². The van der Waals surface area contributed by atoms with Crippen LogP contribution in [0.1, 0.15) is 12.8 Å². The first kappa shape index (κ1) is 26.8. The topological polar surface area (TPSA) is 47.6 Å². The lowest BCUT2D eigenvalue weighted by molar-refractivity contribution is 0.476. The van der Waals surface area contributed by atoms with E-state index < -0.39 is 0 Å². The zero-order valence-corrected chi connectivity index (χ0v) is 25.9. The molecule has 5 heteroatoms. The lowest BCUT2D eigenvalue weighted by Gasteiger charge is -2.35. The van der Waals surface area contributed by atoms with Crippen molar-refractivity contribution in [1.29, 1.82) is 0 Å². The number of allylic oxidation sites excluding steroid dienone is 3. The number of rotatable bonds is 3. The molecule has 0 amide bonds. The van der Waals surface area contributed by atoms with Gasteiger partial charge >= 0.3 is 0 Å². The minimum absolute atomic E-state index is 0.0295. The summed E-state index contributed by atoms with van der Waals surface area (Å²) in [4.78, 5) is 15.7. The monoisotopic (exact) mass is 620 g/mol. The Hall–Kier alpha value is -6.33. The highest BCUT2D eigenvalue weighted by molar-refractivity contribution is 6.09. The van der Waals surface area contributed by atoms with Crippen molar-refractivity contribution in [1.82, 2.24) is 4.57 Å². The Balaban J connectivity index is 1.15. The highest BCUT2D eigenvalue weighted by Gasteiger charge is 2.28. The second-order valence-electron chi connectivity index (χ2n) is 12.4. The maximum Gasteiger partial charge on any atom is 0.200 e. The molecule has 2 aliphatic rings. The van der Waals surface area contributed by atoms with Crippen LogP contribution in [0.25, 0.3) is 60.6 Å². The summed E-state index contributed by atoms with van der Waals surface area (Å²) in [5, 5.41) is 3.60. The van der Waals surface area contributed by atoms with E-state index in [0.717, 1.165) is 58.2 Å². The molecule has 0 atom stereocenters. The van der Waals surface area contributed by atoms with Gasteiger partial charge in [0.25, 0.3) is 0 Å². The predicted molar refractivity (Wildman–Crippen MR) is 195 cm³/mol. The third-order valence-corrected chi connectivity index (χ3v) is 9.59. The molecule has 0 N–H and O–H groups in total. The molecule has 1 aliphatic heterocycles. The van der Waals surface area contributed by atoms with Crippen LogP contribution in [0, 0.1) is 0 Å². The van der Waals surface area contributed by atoms with E-state index in [1.54, 1.807) is 0 Å². The summed E-state index contributed by atoms with van der Waals surface area (Å²) < 4.78 is 15.4. The second kappa shape index (κ2) is 10.3. The summed E-state index contributed by atoms with van der Waals surface area (Å²) in [5.74, 6) is 1.52. The van der Waals surface area contributed by atoms with Crippen LogP contribution in [-0.4, -0.2) is 4.57 Å². The van der Waals surface area contributed by atoms with Gasteiger partial charge in [-0.15, -0.1) is 0 Å². The summed E-state index contributed by atoms with van der Waals surface area (Å²) in [5.41, 5.74) is 9.32. The fourth-order valence-electron chi connectivity index (χ4n) is 7.40. The standard InChI is InChI=1S/C43H28N2O3/c46-42-33-15-6-9-20-39(33)48-43-30(16-10-17-34(42)43)27-21-23-37-41(25-27)47-40-24-22-29(26-38(40)44(37)28-11-2-1-3-12-28)45-35-18-7-4-13-31(35)32-14-5-8-19-36(32)45/h2,4-26H,1,3H2. The highest BCUT2D eigenvalue weighted by Crippen LogP contribution is 2.51. The van der Waals surface area contributed by atoms with E-state index in [9.17, 15) is 4.79 Å². The van der Waals surface area contributed by atoms with Gasteiger partial charge in [-0.3, -0.25) is 4.79 Å². The minimum Gasteiger partial charge on any atom is -0.455 e. The van der Waals surface area contributed by atoms with Crippen LogP contribution in [0.3, 0.4) is 0 Å². The van der Waals surface area contributed by atoms with Gasteiger partial charge in [-0.2, -0.15) is 0 Å². The number of hydrogen-bond donors (Lipinski definition) is 0. The normalized spacial score (nSPS) is 13.9. The molecule has 1 aliphatic carbocycles. The Morgan fingerprint density at radius 2 is 1.35 bits per heavy atom. The van der Waals surface area contributed by atoms with Gasteiger partial charge in [0.15, 0.2) is 11.5 Å². The number of aromatic nitrogens is 1. The number of para-hydroxylation sites is 4. The molecule has 228 valence electrons. The molecule has 5 nitrogen and oxygen atoms in total. The van der Waals surface area contributed by atoms with E-state index >= 15 is 0 Å². The maximum absolute atomic E-state index is 13.4. The van der Waals surface area contributed by atoms with E-state index in [1.165, 1.54) is 21.8 Å². The van der Waals surface area contributed by atoms with Crippen molar-refractivity contribution < 1.29 is 9.15 Å². The molecule has 2 aromatic heterocycles. The zero-order valence-electron chi connectivity index (χ0n) is 25.9. The van der Waals surface area contributed by atoms with Gasteiger partial charge in [0.2, 0.25) is 5.43 Å². The second-order valence-corrected chi connectivity index (χ2v) is 12.4. The van der Waals surface area contributed by atoms with Gasteiger partial charge in [0, 0.05) is 27.7 Å². The fourth-order valence-corrected chi connectivity index (χ4v) is 7.40. The average molecular weight is 621 g/mol. The Labute approximate surface area is 275 Å². The Morgan fingerprint density at radius 1 is 0.604 bits per heavy atom. The Bertz CT molecular complexity index is 2690. The molecule has 48 heavy (non-hydrogen) atoms. The van der Waals surface area contributed by atoms with Gasteiger partial charge in [-0.1, -0.05) is 78.9 Å². The fraction of sp³-hybridized carbons (Fsp3) is 0.0465. The molecule has 6 aromatic carbocycles. The Morgan fingerprint density at radius 3 is 2.15 bits per heavy atom. The molecule has 0 unspecified atom stereocenters. The first-order valence-electron chi connectivity index (χ1n) is 16.3. The number of anilines is 2. The third-order valence-electron chi connectivity index (χ3n) is 9.59. The third kappa shape index (κ3) is 3.94. The number of nitrogens with zero attached hydrogens (tertiary/aromatic N) is 2. The number of fused-ring (bicyclic) bond motifs is 7. The molecular formula is C43H28N2O3. The Kier molecular flexibility index (Phi) is 5.78. The van der Waals surface area contributed by atoms with Crippen LogP contribution in [0.2, 0.25) is 0 Å². The lowest BCUT2D eigenvalue weighted by Crippen LogP contribution is -2.21. The van der Waals surface area contributed by atoms with Crippen molar-refractivity contribution in [2.45, 2.75) is 12.8 Å². The number of hydrogen-bond acceptors (Lipinski definition) is 4. The largest absolute Gasteiger partial charge is 0.455 e. The number of benzene rings is 6. The molecule has 8 aromatic rings. The average Bonchev–Trinajstić information content (AvgIpc) is 3.48. The number of ether oxygens (including phenoxy) is 1. The van der Waals surface area contributed by atoms with Gasteiger partial charge in [0.1, 0.15) is 11.2 Å². The SMILES string of the molecule is O=c1c2ccccc2oc2c(-c3ccc4c(c3)Oc3ccc(-n5c6ccccc6c6ccccc65)cc3N4C3=CCCC=C3)cccc12.